The van der Waals surface area contributed by atoms with Gasteiger partial charge in [-0.3, -0.25) is 9.59 Å². The molecule has 0 unspecified atom stereocenters. The highest BCUT2D eigenvalue weighted by molar-refractivity contribution is 5.85. The van der Waals surface area contributed by atoms with Crippen molar-refractivity contribution in [2.24, 2.45) is 0 Å². The lowest BCUT2D eigenvalue weighted by Crippen LogP contribution is -2.44. The third-order valence-corrected chi connectivity index (χ3v) is 5.15. The fraction of sp³-hybridized carbons (Fsp3) is 0.318. The Kier molecular flexibility index (Phi) is 5.37. The molecule has 3 aromatic rings. The molecular formula is C22H23N3O3. The Bertz CT molecular complexity index is 926. The lowest BCUT2D eigenvalue weighted by atomic mass is 9.97. The first kappa shape index (κ1) is 18.2. The van der Waals surface area contributed by atoms with Gasteiger partial charge in [-0.25, -0.2) is 4.98 Å². The van der Waals surface area contributed by atoms with Crippen LogP contribution < -0.4 is 5.32 Å². The van der Waals surface area contributed by atoms with E-state index >= 15 is 0 Å². The molecule has 0 radical (unpaired) electrons. The van der Waals surface area contributed by atoms with Crippen molar-refractivity contribution in [3.63, 3.8) is 0 Å². The van der Waals surface area contributed by atoms with Gasteiger partial charge in [0.05, 0.1) is 13.0 Å². The maximum Gasteiger partial charge on any atom is 0.241 e. The molecule has 1 aromatic heterocycles. The number of hydrogen-bond acceptors (Lipinski definition) is 4. The van der Waals surface area contributed by atoms with Gasteiger partial charge in [0.1, 0.15) is 5.52 Å². The minimum atomic E-state index is -0.138. The highest BCUT2D eigenvalue weighted by atomic mass is 16.3. The van der Waals surface area contributed by atoms with E-state index in [-0.39, 0.29) is 30.7 Å². The molecule has 1 N–H and O–H groups in total. The van der Waals surface area contributed by atoms with Crippen LogP contribution in [-0.2, 0) is 16.0 Å². The monoisotopic (exact) mass is 377 g/mol. The van der Waals surface area contributed by atoms with Gasteiger partial charge < -0.3 is 14.6 Å². The molecule has 0 aliphatic carbocycles. The van der Waals surface area contributed by atoms with Gasteiger partial charge in [-0.15, -0.1) is 0 Å². The third-order valence-electron chi connectivity index (χ3n) is 5.15. The van der Waals surface area contributed by atoms with Crippen molar-refractivity contribution in [3.8, 4) is 0 Å². The summed E-state index contributed by atoms with van der Waals surface area (Å²) in [6, 6.07) is 17.3. The molecule has 6 nitrogen and oxygen atoms in total. The number of carbonyl (C=O) groups excluding carboxylic acids is 2. The van der Waals surface area contributed by atoms with Crippen LogP contribution in [0.3, 0.4) is 0 Å². The van der Waals surface area contributed by atoms with Crippen molar-refractivity contribution in [1.82, 2.24) is 15.2 Å². The molecule has 1 fully saturated rings. The SMILES string of the molecule is O=C(Cc1ccccc1)NCC(=O)N1CCC(c2nc3ccccc3o2)CC1. The fourth-order valence-corrected chi connectivity index (χ4v) is 3.57. The summed E-state index contributed by atoms with van der Waals surface area (Å²) in [5, 5.41) is 2.73. The van der Waals surface area contributed by atoms with E-state index < -0.39 is 0 Å². The number of benzene rings is 2. The Labute approximate surface area is 163 Å². The molecule has 1 aliphatic heterocycles. The molecule has 144 valence electrons. The van der Waals surface area contributed by atoms with Crippen LogP contribution in [0.5, 0.6) is 0 Å². The Morgan fingerprint density at radius 3 is 2.50 bits per heavy atom. The molecule has 6 heteroatoms. The summed E-state index contributed by atoms with van der Waals surface area (Å²) < 4.78 is 5.87. The van der Waals surface area contributed by atoms with E-state index in [1.807, 2.05) is 59.5 Å². The molecule has 4 rings (SSSR count). The number of oxazole rings is 1. The number of likely N-dealkylation sites (tertiary alicyclic amines) is 1. The predicted octanol–water partition coefficient (Wildman–Crippen LogP) is 2.89. The normalized spacial score (nSPS) is 14.9. The van der Waals surface area contributed by atoms with Gasteiger partial charge in [0.15, 0.2) is 11.5 Å². The molecule has 2 heterocycles. The number of nitrogens with one attached hydrogen (secondary N) is 1. The summed E-state index contributed by atoms with van der Waals surface area (Å²) in [7, 11) is 0. The average Bonchev–Trinajstić information content (AvgIpc) is 3.17. The summed E-state index contributed by atoms with van der Waals surface area (Å²) in [5.74, 6) is 0.798. The summed E-state index contributed by atoms with van der Waals surface area (Å²) in [4.78, 5) is 30.8. The number of carbonyl (C=O) groups is 2. The van der Waals surface area contributed by atoms with Gasteiger partial charge in [0.2, 0.25) is 11.8 Å². The number of para-hydroxylation sites is 2. The minimum Gasteiger partial charge on any atom is -0.440 e. The van der Waals surface area contributed by atoms with Gasteiger partial charge >= 0.3 is 0 Å². The van der Waals surface area contributed by atoms with E-state index in [2.05, 4.69) is 10.3 Å². The average molecular weight is 377 g/mol. The molecule has 0 saturated carbocycles. The first-order valence-electron chi connectivity index (χ1n) is 9.63. The van der Waals surface area contributed by atoms with E-state index in [9.17, 15) is 9.59 Å². The number of nitrogens with zero attached hydrogens (tertiary/aromatic N) is 2. The second-order valence-corrected chi connectivity index (χ2v) is 7.11. The molecule has 1 aliphatic rings. The van der Waals surface area contributed by atoms with E-state index in [1.165, 1.54) is 0 Å². The maximum atomic E-state index is 12.4. The number of amides is 2. The highest BCUT2D eigenvalue weighted by Gasteiger charge is 2.27. The molecular weight excluding hydrogens is 354 g/mol. The highest BCUT2D eigenvalue weighted by Crippen LogP contribution is 2.29. The zero-order chi connectivity index (χ0) is 19.3. The lowest BCUT2D eigenvalue weighted by molar-refractivity contribution is -0.133. The van der Waals surface area contributed by atoms with Crippen molar-refractivity contribution in [2.45, 2.75) is 25.2 Å². The maximum absolute atomic E-state index is 12.4. The van der Waals surface area contributed by atoms with Gasteiger partial charge in [-0.1, -0.05) is 42.5 Å². The van der Waals surface area contributed by atoms with Crippen molar-refractivity contribution in [1.29, 1.82) is 0 Å². The summed E-state index contributed by atoms with van der Waals surface area (Å²) >= 11 is 0. The smallest absolute Gasteiger partial charge is 0.241 e. The number of fused-ring (bicyclic) bond motifs is 1. The number of piperidine rings is 1. The van der Waals surface area contributed by atoms with Crippen LogP contribution in [0.25, 0.3) is 11.1 Å². The number of aromatic nitrogens is 1. The summed E-state index contributed by atoms with van der Waals surface area (Å²) in [5.41, 5.74) is 2.61. The van der Waals surface area contributed by atoms with Gasteiger partial charge in [-0.05, 0) is 30.5 Å². The second kappa shape index (κ2) is 8.25. The van der Waals surface area contributed by atoms with Crippen LogP contribution in [-0.4, -0.2) is 41.3 Å². The molecule has 2 aromatic carbocycles. The molecule has 0 atom stereocenters. The van der Waals surface area contributed by atoms with E-state index in [0.29, 0.717) is 13.1 Å². The summed E-state index contributed by atoms with van der Waals surface area (Å²) in [6.07, 6.45) is 1.92. The van der Waals surface area contributed by atoms with Gasteiger partial charge in [-0.2, -0.15) is 0 Å². The first-order chi connectivity index (χ1) is 13.7. The van der Waals surface area contributed by atoms with Crippen LogP contribution in [0.15, 0.2) is 59.0 Å². The lowest BCUT2D eigenvalue weighted by Gasteiger charge is -2.30. The number of rotatable bonds is 5. The minimum absolute atomic E-state index is 0.0409. The molecule has 28 heavy (non-hydrogen) atoms. The van der Waals surface area contributed by atoms with Crippen LogP contribution in [0, 0.1) is 0 Å². The van der Waals surface area contributed by atoms with Crippen LogP contribution in [0.2, 0.25) is 0 Å². The first-order valence-corrected chi connectivity index (χ1v) is 9.63. The van der Waals surface area contributed by atoms with E-state index in [4.69, 9.17) is 4.42 Å². The van der Waals surface area contributed by atoms with Gasteiger partial charge in [0.25, 0.3) is 0 Å². The Morgan fingerprint density at radius 2 is 1.75 bits per heavy atom. The van der Waals surface area contributed by atoms with E-state index in [1.54, 1.807) is 0 Å². The molecule has 0 spiro atoms. The standard InChI is InChI=1S/C22H23N3O3/c26-20(14-16-6-2-1-3-7-16)23-15-21(27)25-12-10-17(11-13-25)22-24-18-8-4-5-9-19(18)28-22/h1-9,17H,10-15H2,(H,23,26). The van der Waals surface area contributed by atoms with Crippen molar-refractivity contribution < 1.29 is 14.0 Å². The van der Waals surface area contributed by atoms with Crippen molar-refractivity contribution in [3.05, 3.63) is 66.1 Å². The quantitative estimate of drug-likeness (QED) is 0.742. The fourth-order valence-electron chi connectivity index (χ4n) is 3.57. The third kappa shape index (κ3) is 4.22. The molecule has 1 saturated heterocycles. The Morgan fingerprint density at radius 1 is 1.04 bits per heavy atom. The largest absolute Gasteiger partial charge is 0.440 e. The van der Waals surface area contributed by atoms with E-state index in [0.717, 1.165) is 35.4 Å². The Hall–Kier alpha value is -3.15. The van der Waals surface area contributed by atoms with Crippen LogP contribution in [0.4, 0.5) is 0 Å². The zero-order valence-corrected chi connectivity index (χ0v) is 15.6. The number of hydrogen-bond donors (Lipinski definition) is 1. The zero-order valence-electron chi connectivity index (χ0n) is 15.6. The van der Waals surface area contributed by atoms with Crippen LogP contribution >= 0.6 is 0 Å². The van der Waals surface area contributed by atoms with Gasteiger partial charge in [0, 0.05) is 19.0 Å². The predicted molar refractivity (Wildman–Crippen MR) is 106 cm³/mol. The van der Waals surface area contributed by atoms with Crippen molar-refractivity contribution in [2.75, 3.05) is 19.6 Å². The molecule has 2 amide bonds. The topological polar surface area (TPSA) is 75.4 Å². The molecule has 0 bridgehead atoms. The second-order valence-electron chi connectivity index (χ2n) is 7.11. The summed E-state index contributed by atoms with van der Waals surface area (Å²) in [6.45, 7) is 1.34. The van der Waals surface area contributed by atoms with Crippen molar-refractivity contribution >= 4 is 22.9 Å². The van der Waals surface area contributed by atoms with Crippen LogP contribution in [0.1, 0.15) is 30.2 Å². The Balaban J connectivity index is 1.25.